The molecule has 2 aromatic carbocycles. The molecule has 0 saturated carbocycles. The van der Waals surface area contributed by atoms with Crippen molar-refractivity contribution in [1.82, 2.24) is 9.62 Å². The molecule has 2 N–H and O–H groups in total. The smallest absolute Gasteiger partial charge is 0.318 e. The zero-order valence-electron chi connectivity index (χ0n) is 21.2. The average Bonchev–Trinajstić information content (AvgIpc) is 3.41. The molecule has 2 aromatic rings. The second kappa shape index (κ2) is 11.3. The second-order valence-corrected chi connectivity index (χ2v) is 11.4. The van der Waals surface area contributed by atoms with Crippen molar-refractivity contribution in [1.29, 1.82) is 0 Å². The lowest BCUT2D eigenvalue weighted by atomic mass is 9.71. The summed E-state index contributed by atoms with van der Waals surface area (Å²) >= 11 is 0. The van der Waals surface area contributed by atoms with Gasteiger partial charge in [0, 0.05) is 45.0 Å². The fraction of sp³-hybridized carbons (Fsp3) is 0.519. The number of aliphatic carboxylic acids is 1. The number of sulfonamides is 1. The van der Waals surface area contributed by atoms with Crippen LogP contribution in [0.25, 0.3) is 0 Å². The lowest BCUT2D eigenvalue weighted by molar-refractivity contribution is -0.142. The zero-order valence-corrected chi connectivity index (χ0v) is 22.0. The molecule has 9 heteroatoms. The van der Waals surface area contributed by atoms with Crippen molar-refractivity contribution in [2.75, 3.05) is 57.4 Å². The van der Waals surface area contributed by atoms with E-state index in [1.807, 2.05) is 31.2 Å². The van der Waals surface area contributed by atoms with Gasteiger partial charge in [0.05, 0.1) is 18.1 Å². The Labute approximate surface area is 214 Å². The summed E-state index contributed by atoms with van der Waals surface area (Å²) in [7, 11) is -3.71. The third-order valence-electron chi connectivity index (χ3n) is 7.52. The van der Waals surface area contributed by atoms with Gasteiger partial charge in [-0.25, -0.2) is 13.1 Å². The first-order valence-electron chi connectivity index (χ1n) is 12.8. The van der Waals surface area contributed by atoms with E-state index in [2.05, 4.69) is 14.5 Å². The first kappa shape index (κ1) is 26.6. The number of hydrogen-bond donors (Lipinski definition) is 2. The summed E-state index contributed by atoms with van der Waals surface area (Å²) in [5, 5.41) is 10.5. The molecule has 1 atom stereocenters. The molecular formula is C27H37N3O5S. The highest BCUT2D eigenvalue weighted by atomic mass is 32.2. The number of aryl methyl sites for hydroxylation is 1. The van der Waals surface area contributed by atoms with E-state index in [0.717, 1.165) is 31.9 Å². The van der Waals surface area contributed by atoms with Crippen molar-refractivity contribution >= 4 is 21.7 Å². The number of rotatable bonds is 10. The van der Waals surface area contributed by atoms with Gasteiger partial charge in [0.2, 0.25) is 10.0 Å². The van der Waals surface area contributed by atoms with Gasteiger partial charge in [0.15, 0.2) is 0 Å². The first-order valence-corrected chi connectivity index (χ1v) is 14.3. The monoisotopic (exact) mass is 515 g/mol. The molecule has 0 aromatic heterocycles. The molecule has 4 rings (SSSR count). The van der Waals surface area contributed by atoms with Gasteiger partial charge in [0.1, 0.15) is 5.41 Å². The molecule has 2 aliphatic rings. The molecule has 2 heterocycles. The van der Waals surface area contributed by atoms with Gasteiger partial charge in [-0.3, -0.25) is 9.69 Å². The lowest BCUT2D eigenvalue weighted by Crippen LogP contribution is -2.41. The SMILES string of the molecule is CC[C@@](C(=O)O)(c1ccc(N2CCCC2)cc1)c1ccc(S(=O)(=O)NCCN2CCOCC2)cc1C. The van der Waals surface area contributed by atoms with Crippen molar-refractivity contribution in [2.24, 2.45) is 0 Å². The number of carboxylic acids is 1. The topological polar surface area (TPSA) is 99.2 Å². The zero-order chi connectivity index (χ0) is 25.8. The average molecular weight is 516 g/mol. The second-order valence-electron chi connectivity index (χ2n) is 9.63. The van der Waals surface area contributed by atoms with Gasteiger partial charge >= 0.3 is 5.97 Å². The Morgan fingerprint density at radius 2 is 1.72 bits per heavy atom. The van der Waals surface area contributed by atoms with Crippen molar-refractivity contribution < 1.29 is 23.1 Å². The van der Waals surface area contributed by atoms with Gasteiger partial charge in [-0.2, -0.15) is 0 Å². The summed E-state index contributed by atoms with van der Waals surface area (Å²) in [4.78, 5) is 17.4. The Morgan fingerprint density at radius 1 is 1.06 bits per heavy atom. The number of ether oxygens (including phenoxy) is 1. The molecule has 196 valence electrons. The predicted molar refractivity (Wildman–Crippen MR) is 140 cm³/mol. The summed E-state index contributed by atoms with van der Waals surface area (Å²) in [6.45, 7) is 9.53. The van der Waals surface area contributed by atoms with Crippen LogP contribution in [0, 0.1) is 6.92 Å². The van der Waals surface area contributed by atoms with Crippen molar-refractivity contribution in [3.8, 4) is 0 Å². The van der Waals surface area contributed by atoms with E-state index in [1.54, 1.807) is 19.1 Å². The number of carbonyl (C=O) groups is 1. The Bertz CT molecular complexity index is 1160. The van der Waals surface area contributed by atoms with Gasteiger partial charge in [-0.15, -0.1) is 0 Å². The minimum Gasteiger partial charge on any atom is -0.480 e. The van der Waals surface area contributed by atoms with Crippen LogP contribution in [-0.2, 0) is 25.0 Å². The largest absolute Gasteiger partial charge is 0.480 e. The fourth-order valence-corrected chi connectivity index (χ4v) is 6.51. The highest BCUT2D eigenvalue weighted by Crippen LogP contribution is 2.39. The number of nitrogens with zero attached hydrogens (tertiary/aromatic N) is 2. The highest BCUT2D eigenvalue weighted by Gasteiger charge is 2.42. The summed E-state index contributed by atoms with van der Waals surface area (Å²) < 4.78 is 33.9. The van der Waals surface area contributed by atoms with Crippen LogP contribution in [0.15, 0.2) is 47.4 Å². The molecule has 2 fully saturated rings. The third-order valence-corrected chi connectivity index (χ3v) is 8.98. The molecule has 0 bridgehead atoms. The maximum absolute atomic E-state index is 12.9. The molecule has 0 aliphatic carbocycles. The Balaban J connectivity index is 1.57. The minimum absolute atomic E-state index is 0.144. The van der Waals surface area contributed by atoms with E-state index < -0.39 is 21.4 Å². The van der Waals surface area contributed by atoms with E-state index in [1.165, 1.54) is 18.9 Å². The Morgan fingerprint density at radius 3 is 2.31 bits per heavy atom. The molecule has 0 amide bonds. The number of benzene rings is 2. The first-order chi connectivity index (χ1) is 17.3. The summed E-state index contributed by atoms with van der Waals surface area (Å²) in [5.41, 5.74) is 1.79. The maximum atomic E-state index is 12.9. The van der Waals surface area contributed by atoms with Gasteiger partial charge < -0.3 is 14.7 Å². The van der Waals surface area contributed by atoms with E-state index in [-0.39, 0.29) is 4.90 Å². The number of nitrogens with one attached hydrogen (secondary N) is 1. The van der Waals surface area contributed by atoms with E-state index in [0.29, 0.717) is 49.4 Å². The van der Waals surface area contributed by atoms with E-state index in [9.17, 15) is 18.3 Å². The lowest BCUT2D eigenvalue weighted by Gasteiger charge is -2.32. The fourth-order valence-electron chi connectivity index (χ4n) is 5.40. The highest BCUT2D eigenvalue weighted by molar-refractivity contribution is 7.89. The minimum atomic E-state index is -3.71. The molecule has 2 aliphatic heterocycles. The molecule has 36 heavy (non-hydrogen) atoms. The van der Waals surface area contributed by atoms with Crippen LogP contribution in [0.1, 0.15) is 42.9 Å². The summed E-state index contributed by atoms with van der Waals surface area (Å²) in [6, 6.07) is 12.6. The van der Waals surface area contributed by atoms with Crippen LogP contribution in [-0.4, -0.2) is 76.9 Å². The summed E-state index contributed by atoms with van der Waals surface area (Å²) in [6.07, 6.45) is 2.69. The van der Waals surface area contributed by atoms with Crippen LogP contribution in [0.4, 0.5) is 5.69 Å². The van der Waals surface area contributed by atoms with Gasteiger partial charge in [0.25, 0.3) is 0 Å². The number of hydrogen-bond acceptors (Lipinski definition) is 6. The molecule has 0 unspecified atom stereocenters. The van der Waals surface area contributed by atoms with Gasteiger partial charge in [-0.1, -0.05) is 25.1 Å². The number of carboxylic acid groups (broad SMARTS) is 1. The maximum Gasteiger partial charge on any atom is 0.318 e. The van der Waals surface area contributed by atoms with E-state index >= 15 is 0 Å². The molecule has 2 saturated heterocycles. The van der Waals surface area contributed by atoms with Crippen molar-refractivity contribution in [2.45, 2.75) is 43.4 Å². The Kier molecular flexibility index (Phi) is 8.34. The molecular weight excluding hydrogens is 478 g/mol. The number of anilines is 1. The quantitative estimate of drug-likeness (QED) is 0.502. The van der Waals surface area contributed by atoms with Crippen molar-refractivity contribution in [3.05, 3.63) is 59.2 Å². The van der Waals surface area contributed by atoms with E-state index in [4.69, 9.17) is 4.74 Å². The van der Waals surface area contributed by atoms with Crippen LogP contribution in [0.3, 0.4) is 0 Å². The molecule has 8 nitrogen and oxygen atoms in total. The predicted octanol–water partition coefficient (Wildman–Crippen LogP) is 2.99. The standard InChI is InChI=1S/C27H37N3O5S/c1-3-27(26(31)32,22-6-8-23(9-7-22)30-13-4-5-14-30)25-11-10-24(20-21(25)2)36(33,34)28-12-15-29-16-18-35-19-17-29/h6-11,20,28H,3-5,12-19H2,1-2H3,(H,31,32)/t27-/m1/s1. The van der Waals surface area contributed by atoms with Crippen molar-refractivity contribution in [3.63, 3.8) is 0 Å². The van der Waals surface area contributed by atoms with Crippen LogP contribution in [0.2, 0.25) is 0 Å². The van der Waals surface area contributed by atoms with Crippen LogP contribution in [0.5, 0.6) is 0 Å². The normalized spacial score (nSPS) is 18.8. The third kappa shape index (κ3) is 5.44. The summed E-state index contributed by atoms with van der Waals surface area (Å²) in [5.74, 6) is -0.943. The van der Waals surface area contributed by atoms with Gasteiger partial charge in [-0.05, 0) is 67.1 Å². The number of morpholine rings is 1. The molecule has 0 spiro atoms. The Hall–Kier alpha value is -2.46. The van der Waals surface area contributed by atoms with Crippen LogP contribution >= 0.6 is 0 Å². The molecule has 0 radical (unpaired) electrons. The van der Waals surface area contributed by atoms with Crippen LogP contribution < -0.4 is 9.62 Å².